The molecule has 1 aliphatic heterocycles. The molecular formula is C17H19N4O3-. The van der Waals surface area contributed by atoms with Gasteiger partial charge in [0, 0.05) is 6.54 Å². The number of rotatable bonds is 5. The molecule has 1 aromatic heterocycles. The van der Waals surface area contributed by atoms with Crippen LogP contribution in [0.15, 0.2) is 29.5 Å². The number of aliphatic imine (C=N–C) groups is 1. The number of carboxylic acids is 1. The Morgan fingerprint density at radius 2 is 2.33 bits per heavy atom. The number of hydrogen-bond donors (Lipinski definition) is 2. The summed E-state index contributed by atoms with van der Waals surface area (Å²) in [6.07, 6.45) is 4.13. The molecule has 24 heavy (non-hydrogen) atoms. The lowest BCUT2D eigenvalue weighted by Gasteiger charge is -2.12. The molecule has 0 bridgehead atoms. The quantitative estimate of drug-likeness (QED) is 0.840. The Morgan fingerprint density at radius 3 is 3.12 bits per heavy atom. The normalized spacial score (nSPS) is 16.3. The van der Waals surface area contributed by atoms with E-state index in [1.165, 1.54) is 0 Å². The van der Waals surface area contributed by atoms with Crippen LogP contribution in [0.2, 0.25) is 0 Å². The Balaban J connectivity index is 1.69. The Hall–Kier alpha value is -2.67. The summed E-state index contributed by atoms with van der Waals surface area (Å²) in [6, 6.07) is 5.04. The fraction of sp³-hybridized carbons (Fsp3) is 0.353. The van der Waals surface area contributed by atoms with Crippen molar-refractivity contribution >= 4 is 18.1 Å². The largest absolute Gasteiger partial charge is 0.545 e. The molecule has 2 heterocycles. The average molecular weight is 327 g/mol. The zero-order valence-corrected chi connectivity index (χ0v) is 13.4. The van der Waals surface area contributed by atoms with Crippen LogP contribution in [-0.2, 0) is 13.0 Å². The number of carboxylic acid groups (broad SMARTS) is 1. The van der Waals surface area contributed by atoms with Crippen molar-refractivity contribution in [3.63, 3.8) is 0 Å². The SMILES string of the molecule is Cc1ccc(C(=O)[O-])cc1CCCn1cnc2c1NC=NCC2O. The van der Waals surface area contributed by atoms with E-state index in [1.54, 1.807) is 30.9 Å². The lowest BCUT2D eigenvalue weighted by atomic mass is 10.0. The summed E-state index contributed by atoms with van der Waals surface area (Å²) in [5.41, 5.74) is 2.86. The van der Waals surface area contributed by atoms with E-state index in [1.807, 2.05) is 11.5 Å². The van der Waals surface area contributed by atoms with Crippen LogP contribution >= 0.6 is 0 Å². The molecule has 3 rings (SSSR count). The van der Waals surface area contributed by atoms with E-state index >= 15 is 0 Å². The van der Waals surface area contributed by atoms with Gasteiger partial charge in [0.1, 0.15) is 17.6 Å². The first-order valence-electron chi connectivity index (χ1n) is 7.85. The number of nitrogens with one attached hydrogen (secondary N) is 1. The second kappa shape index (κ2) is 6.84. The third kappa shape index (κ3) is 3.30. The molecule has 0 fully saturated rings. The Labute approximate surface area is 139 Å². The first kappa shape index (κ1) is 16.2. The lowest BCUT2D eigenvalue weighted by Crippen LogP contribution is -2.22. The van der Waals surface area contributed by atoms with E-state index in [4.69, 9.17) is 0 Å². The number of imidazole rings is 1. The van der Waals surface area contributed by atoms with Crippen LogP contribution < -0.4 is 10.4 Å². The highest BCUT2D eigenvalue weighted by atomic mass is 16.4. The highest BCUT2D eigenvalue weighted by Gasteiger charge is 2.19. The highest BCUT2D eigenvalue weighted by Crippen LogP contribution is 2.24. The number of aromatic nitrogens is 2. The minimum atomic E-state index is -1.16. The maximum absolute atomic E-state index is 11.0. The number of fused-ring (bicyclic) bond motifs is 1. The molecule has 1 aliphatic rings. The summed E-state index contributed by atoms with van der Waals surface area (Å²) in [5.74, 6) is -0.405. The number of carbonyl (C=O) groups is 1. The van der Waals surface area contributed by atoms with Crippen LogP contribution in [-0.4, -0.2) is 33.5 Å². The monoisotopic (exact) mass is 327 g/mol. The molecule has 1 aromatic carbocycles. The van der Waals surface area contributed by atoms with Crippen LogP contribution in [0.3, 0.4) is 0 Å². The zero-order chi connectivity index (χ0) is 17.1. The average Bonchev–Trinajstić information content (AvgIpc) is 2.86. The van der Waals surface area contributed by atoms with E-state index in [9.17, 15) is 15.0 Å². The van der Waals surface area contributed by atoms with Crippen molar-refractivity contribution in [2.75, 3.05) is 11.9 Å². The van der Waals surface area contributed by atoms with Gasteiger partial charge in [-0.1, -0.05) is 12.1 Å². The van der Waals surface area contributed by atoms with Crippen LogP contribution in [0.1, 0.15) is 39.7 Å². The van der Waals surface area contributed by atoms with Crippen molar-refractivity contribution in [1.82, 2.24) is 9.55 Å². The number of aryl methyl sites for hydroxylation is 3. The molecule has 0 spiro atoms. The van der Waals surface area contributed by atoms with Crippen molar-refractivity contribution in [2.45, 2.75) is 32.4 Å². The van der Waals surface area contributed by atoms with Gasteiger partial charge < -0.3 is 24.9 Å². The van der Waals surface area contributed by atoms with Crippen molar-refractivity contribution in [3.8, 4) is 0 Å². The third-order valence-electron chi connectivity index (χ3n) is 4.18. The standard InChI is InChI=1S/C17H20N4O3/c1-11-4-5-13(17(23)24)7-12(11)3-2-6-21-10-20-15-14(22)8-18-9-19-16(15)21/h4-5,7,9-10,14,22H,2-3,6,8H2,1H3,(H,18,19)(H,23,24)/p-1. The van der Waals surface area contributed by atoms with E-state index in [0.717, 1.165) is 29.8 Å². The van der Waals surface area contributed by atoms with Gasteiger partial charge in [0.25, 0.3) is 0 Å². The summed E-state index contributed by atoms with van der Waals surface area (Å²) >= 11 is 0. The maximum atomic E-state index is 11.0. The van der Waals surface area contributed by atoms with Gasteiger partial charge >= 0.3 is 0 Å². The molecule has 0 saturated heterocycles. The summed E-state index contributed by atoms with van der Waals surface area (Å²) < 4.78 is 1.94. The molecule has 0 radical (unpaired) electrons. The van der Waals surface area contributed by atoms with Gasteiger partial charge in [0.15, 0.2) is 0 Å². The predicted octanol–water partition coefficient (Wildman–Crippen LogP) is 0.675. The Bertz CT molecular complexity index is 782. The molecule has 0 amide bonds. The Morgan fingerprint density at radius 1 is 1.50 bits per heavy atom. The lowest BCUT2D eigenvalue weighted by molar-refractivity contribution is -0.255. The van der Waals surface area contributed by atoms with Crippen molar-refractivity contribution in [3.05, 3.63) is 46.9 Å². The molecule has 2 N–H and O–H groups in total. The molecule has 7 nitrogen and oxygen atoms in total. The van der Waals surface area contributed by atoms with Gasteiger partial charge in [-0.2, -0.15) is 0 Å². The fourth-order valence-electron chi connectivity index (χ4n) is 2.82. The number of aliphatic hydroxyl groups is 1. The van der Waals surface area contributed by atoms with Gasteiger partial charge in [0.2, 0.25) is 0 Å². The fourth-order valence-corrected chi connectivity index (χ4v) is 2.82. The van der Waals surface area contributed by atoms with Gasteiger partial charge in [-0.25, -0.2) is 4.98 Å². The molecule has 7 heteroatoms. The maximum Gasteiger partial charge on any atom is 0.137 e. The number of aliphatic hydroxyl groups excluding tert-OH is 1. The first-order valence-corrected chi connectivity index (χ1v) is 7.85. The molecule has 1 atom stereocenters. The molecule has 0 aliphatic carbocycles. The van der Waals surface area contributed by atoms with Gasteiger partial charge in [0.05, 0.1) is 25.2 Å². The van der Waals surface area contributed by atoms with Crippen molar-refractivity contribution in [1.29, 1.82) is 0 Å². The molecule has 2 aromatic rings. The third-order valence-corrected chi connectivity index (χ3v) is 4.18. The van der Waals surface area contributed by atoms with E-state index in [2.05, 4.69) is 15.3 Å². The zero-order valence-electron chi connectivity index (χ0n) is 13.4. The van der Waals surface area contributed by atoms with E-state index < -0.39 is 12.1 Å². The van der Waals surface area contributed by atoms with Gasteiger partial charge in [-0.3, -0.25) is 4.99 Å². The summed E-state index contributed by atoms with van der Waals surface area (Å²) in [7, 11) is 0. The predicted molar refractivity (Wildman–Crippen MR) is 88.0 cm³/mol. The van der Waals surface area contributed by atoms with Crippen LogP contribution in [0, 0.1) is 6.92 Å². The molecule has 126 valence electrons. The van der Waals surface area contributed by atoms with Crippen LogP contribution in [0.4, 0.5) is 5.82 Å². The topological polar surface area (TPSA) is 103 Å². The van der Waals surface area contributed by atoms with E-state index in [0.29, 0.717) is 18.8 Å². The van der Waals surface area contributed by atoms with Crippen LogP contribution in [0.5, 0.6) is 0 Å². The molecule has 0 saturated carbocycles. The Kier molecular flexibility index (Phi) is 4.61. The number of anilines is 1. The number of benzene rings is 1. The highest BCUT2D eigenvalue weighted by molar-refractivity contribution is 5.86. The summed E-state index contributed by atoms with van der Waals surface area (Å²) in [6.45, 7) is 2.96. The number of aromatic carboxylic acids is 1. The van der Waals surface area contributed by atoms with E-state index in [-0.39, 0.29) is 5.56 Å². The summed E-state index contributed by atoms with van der Waals surface area (Å²) in [5, 5.41) is 24.0. The second-order valence-electron chi connectivity index (χ2n) is 5.86. The molecule has 1 unspecified atom stereocenters. The van der Waals surface area contributed by atoms with Crippen molar-refractivity contribution in [2.24, 2.45) is 4.99 Å². The molecular weight excluding hydrogens is 308 g/mol. The first-order chi connectivity index (χ1) is 11.6. The van der Waals surface area contributed by atoms with Crippen LogP contribution in [0.25, 0.3) is 0 Å². The smallest absolute Gasteiger partial charge is 0.137 e. The number of hydrogen-bond acceptors (Lipinski definition) is 6. The number of carbonyl (C=O) groups excluding carboxylic acids is 1. The van der Waals surface area contributed by atoms with Gasteiger partial charge in [-0.05, 0) is 42.5 Å². The number of nitrogens with zero attached hydrogens (tertiary/aromatic N) is 3. The van der Waals surface area contributed by atoms with Gasteiger partial charge in [-0.15, -0.1) is 0 Å². The van der Waals surface area contributed by atoms with Crippen molar-refractivity contribution < 1.29 is 15.0 Å². The minimum absolute atomic E-state index is 0.202. The summed E-state index contributed by atoms with van der Waals surface area (Å²) in [4.78, 5) is 19.3. The second-order valence-corrected chi connectivity index (χ2v) is 5.86. The minimum Gasteiger partial charge on any atom is -0.545 e.